The van der Waals surface area contributed by atoms with Gasteiger partial charge in [-0.05, 0) is 71.6 Å². The number of benzene rings is 3. The van der Waals surface area contributed by atoms with Crippen LogP contribution in [0.4, 0.5) is 0 Å². The van der Waals surface area contributed by atoms with Crippen LogP contribution in [0.2, 0.25) is 0 Å². The molecule has 0 fully saturated rings. The standard InChI is InChI=1S/C26H26/c1-3-20-7-9-21(10-8-20)11-12-22-13-14-24-17-26(18-25(24)16-22)23-6-4-5-19(2)15-23/h4-10,13-16,18H,3,11-12,17H2,1-2H3. The van der Waals surface area contributed by atoms with Crippen molar-refractivity contribution < 1.29 is 0 Å². The van der Waals surface area contributed by atoms with Crippen molar-refractivity contribution >= 4 is 11.6 Å². The van der Waals surface area contributed by atoms with E-state index in [1.807, 2.05) is 0 Å². The molecular formula is C26H26. The first-order chi connectivity index (χ1) is 12.7. The lowest BCUT2D eigenvalue weighted by atomic mass is 9.99. The molecule has 0 spiro atoms. The summed E-state index contributed by atoms with van der Waals surface area (Å²) in [6.07, 6.45) is 6.76. The van der Waals surface area contributed by atoms with Crippen molar-refractivity contribution in [3.63, 3.8) is 0 Å². The summed E-state index contributed by atoms with van der Waals surface area (Å²) in [5.74, 6) is 0. The highest BCUT2D eigenvalue weighted by atomic mass is 14.2. The molecule has 0 aromatic heterocycles. The minimum atomic E-state index is 1.05. The van der Waals surface area contributed by atoms with E-state index in [0.717, 1.165) is 25.7 Å². The largest absolute Gasteiger partial charge is 0.0614 e. The maximum atomic E-state index is 2.39. The second kappa shape index (κ2) is 7.33. The Bertz CT molecular complexity index is 942. The second-order valence-corrected chi connectivity index (χ2v) is 7.42. The summed E-state index contributed by atoms with van der Waals surface area (Å²) in [4.78, 5) is 0. The zero-order chi connectivity index (χ0) is 17.9. The quantitative estimate of drug-likeness (QED) is 0.502. The van der Waals surface area contributed by atoms with E-state index in [9.17, 15) is 0 Å². The molecule has 0 bridgehead atoms. The average molecular weight is 338 g/mol. The van der Waals surface area contributed by atoms with E-state index >= 15 is 0 Å². The third-order valence-corrected chi connectivity index (χ3v) is 5.44. The minimum Gasteiger partial charge on any atom is -0.0614 e. The normalized spacial score (nSPS) is 12.8. The van der Waals surface area contributed by atoms with Gasteiger partial charge in [-0.25, -0.2) is 0 Å². The highest BCUT2D eigenvalue weighted by Gasteiger charge is 2.14. The monoisotopic (exact) mass is 338 g/mol. The zero-order valence-electron chi connectivity index (χ0n) is 15.8. The molecule has 1 aliphatic rings. The van der Waals surface area contributed by atoms with Gasteiger partial charge in [0.25, 0.3) is 0 Å². The molecule has 130 valence electrons. The molecule has 0 N–H and O–H groups in total. The summed E-state index contributed by atoms with van der Waals surface area (Å²) >= 11 is 0. The molecule has 0 atom stereocenters. The van der Waals surface area contributed by atoms with Crippen molar-refractivity contribution in [3.05, 3.63) is 106 Å². The topological polar surface area (TPSA) is 0 Å². The van der Waals surface area contributed by atoms with Crippen molar-refractivity contribution in [2.45, 2.75) is 39.5 Å². The third-order valence-electron chi connectivity index (χ3n) is 5.44. The molecule has 1 aliphatic carbocycles. The summed E-state index contributed by atoms with van der Waals surface area (Å²) in [6, 6.07) is 24.9. The fourth-order valence-electron chi connectivity index (χ4n) is 3.80. The highest BCUT2D eigenvalue weighted by molar-refractivity contribution is 5.88. The number of rotatable bonds is 5. The summed E-state index contributed by atoms with van der Waals surface area (Å²) in [7, 11) is 0. The van der Waals surface area contributed by atoms with E-state index < -0.39 is 0 Å². The van der Waals surface area contributed by atoms with Gasteiger partial charge in [-0.1, -0.05) is 85.3 Å². The van der Waals surface area contributed by atoms with Crippen molar-refractivity contribution in [2.24, 2.45) is 0 Å². The van der Waals surface area contributed by atoms with Crippen molar-refractivity contribution in [3.8, 4) is 0 Å². The molecule has 3 aromatic carbocycles. The van der Waals surface area contributed by atoms with Crippen LogP contribution in [0, 0.1) is 6.92 Å². The van der Waals surface area contributed by atoms with E-state index in [4.69, 9.17) is 0 Å². The van der Waals surface area contributed by atoms with Crippen molar-refractivity contribution in [1.29, 1.82) is 0 Å². The van der Waals surface area contributed by atoms with Crippen LogP contribution >= 0.6 is 0 Å². The molecule has 0 radical (unpaired) electrons. The minimum absolute atomic E-state index is 1.05. The lowest BCUT2D eigenvalue weighted by Gasteiger charge is -2.06. The number of hydrogen-bond donors (Lipinski definition) is 0. The first kappa shape index (κ1) is 16.8. The first-order valence-electron chi connectivity index (χ1n) is 9.68. The van der Waals surface area contributed by atoms with Crippen LogP contribution in [0.1, 0.15) is 45.9 Å². The maximum absolute atomic E-state index is 2.39. The summed E-state index contributed by atoms with van der Waals surface area (Å²) in [5.41, 5.74) is 11.3. The van der Waals surface area contributed by atoms with E-state index in [0.29, 0.717) is 0 Å². The Balaban J connectivity index is 1.48. The van der Waals surface area contributed by atoms with Crippen LogP contribution in [0.5, 0.6) is 0 Å². The Labute approximate surface area is 157 Å². The fourth-order valence-corrected chi connectivity index (χ4v) is 3.80. The van der Waals surface area contributed by atoms with E-state index in [2.05, 4.69) is 86.7 Å². The van der Waals surface area contributed by atoms with Gasteiger partial charge in [-0.3, -0.25) is 0 Å². The number of hydrogen-bond acceptors (Lipinski definition) is 0. The predicted octanol–water partition coefficient (Wildman–Crippen LogP) is 6.44. The molecule has 0 heteroatoms. The van der Waals surface area contributed by atoms with Crippen molar-refractivity contribution in [2.75, 3.05) is 0 Å². The van der Waals surface area contributed by atoms with Crippen LogP contribution in [-0.2, 0) is 25.7 Å². The third kappa shape index (κ3) is 3.65. The lowest BCUT2D eigenvalue weighted by Crippen LogP contribution is -1.93. The molecule has 0 saturated heterocycles. The van der Waals surface area contributed by atoms with Gasteiger partial charge >= 0.3 is 0 Å². The van der Waals surface area contributed by atoms with Gasteiger partial charge in [0.05, 0.1) is 0 Å². The van der Waals surface area contributed by atoms with Gasteiger partial charge in [0, 0.05) is 0 Å². The molecule has 0 nitrogen and oxygen atoms in total. The smallest absolute Gasteiger partial charge is 0.00137 e. The number of fused-ring (bicyclic) bond motifs is 1. The van der Waals surface area contributed by atoms with Gasteiger partial charge < -0.3 is 0 Å². The second-order valence-electron chi connectivity index (χ2n) is 7.42. The lowest BCUT2D eigenvalue weighted by molar-refractivity contribution is 0.955. The Morgan fingerprint density at radius 1 is 0.769 bits per heavy atom. The number of allylic oxidation sites excluding steroid dienone is 1. The van der Waals surface area contributed by atoms with Gasteiger partial charge in [-0.2, -0.15) is 0 Å². The Kier molecular flexibility index (Phi) is 4.75. The Morgan fingerprint density at radius 3 is 2.27 bits per heavy atom. The highest BCUT2D eigenvalue weighted by Crippen LogP contribution is 2.32. The van der Waals surface area contributed by atoms with Crippen LogP contribution in [0.25, 0.3) is 11.6 Å². The predicted molar refractivity (Wildman–Crippen MR) is 112 cm³/mol. The van der Waals surface area contributed by atoms with E-state index in [1.54, 1.807) is 0 Å². The summed E-state index contributed by atoms with van der Waals surface area (Å²) in [6.45, 7) is 4.37. The maximum Gasteiger partial charge on any atom is -0.00137 e. The van der Waals surface area contributed by atoms with E-state index in [-0.39, 0.29) is 0 Å². The molecule has 26 heavy (non-hydrogen) atoms. The van der Waals surface area contributed by atoms with Gasteiger partial charge in [0.1, 0.15) is 0 Å². The average Bonchev–Trinajstić information content (AvgIpc) is 3.10. The summed E-state index contributed by atoms with van der Waals surface area (Å²) < 4.78 is 0. The van der Waals surface area contributed by atoms with Gasteiger partial charge in [0.15, 0.2) is 0 Å². The van der Waals surface area contributed by atoms with E-state index in [1.165, 1.54) is 44.5 Å². The fraction of sp³-hybridized carbons (Fsp3) is 0.231. The van der Waals surface area contributed by atoms with Crippen LogP contribution in [-0.4, -0.2) is 0 Å². The molecule has 0 saturated carbocycles. The Hall–Kier alpha value is -2.60. The van der Waals surface area contributed by atoms with Gasteiger partial charge in [0.2, 0.25) is 0 Å². The number of aryl methyl sites for hydroxylation is 4. The molecule has 0 aliphatic heterocycles. The molecule has 0 unspecified atom stereocenters. The molecule has 0 amide bonds. The van der Waals surface area contributed by atoms with Crippen LogP contribution < -0.4 is 0 Å². The first-order valence-corrected chi connectivity index (χ1v) is 9.68. The SMILES string of the molecule is CCc1ccc(CCc2ccc3c(c2)C=C(c2cccc(C)c2)C3)cc1. The molecule has 3 aromatic rings. The molecule has 0 heterocycles. The van der Waals surface area contributed by atoms with Crippen LogP contribution in [0.15, 0.2) is 66.7 Å². The van der Waals surface area contributed by atoms with Gasteiger partial charge in [-0.15, -0.1) is 0 Å². The summed E-state index contributed by atoms with van der Waals surface area (Å²) in [5, 5.41) is 0. The molecule has 4 rings (SSSR count). The zero-order valence-corrected chi connectivity index (χ0v) is 15.8. The molecular weight excluding hydrogens is 312 g/mol. The Morgan fingerprint density at radius 2 is 1.50 bits per heavy atom. The van der Waals surface area contributed by atoms with Crippen molar-refractivity contribution in [1.82, 2.24) is 0 Å². The van der Waals surface area contributed by atoms with Crippen LogP contribution in [0.3, 0.4) is 0 Å².